The minimum atomic E-state index is -0.772. The lowest BCUT2D eigenvalue weighted by atomic mass is 10.1. The average molecular weight is 256 g/mol. The molecular weight excluding hydrogens is 238 g/mol. The van der Waals surface area contributed by atoms with Gasteiger partial charge in [0.15, 0.2) is 23.3 Å². The summed E-state index contributed by atoms with van der Waals surface area (Å²) in [5.74, 6) is 3.83. The van der Waals surface area contributed by atoms with Crippen molar-refractivity contribution in [2.24, 2.45) is 5.84 Å². The molecule has 2 heterocycles. The van der Waals surface area contributed by atoms with E-state index in [0.717, 1.165) is 44.8 Å². The highest BCUT2D eigenvalue weighted by Gasteiger charge is 2.17. The van der Waals surface area contributed by atoms with Crippen molar-refractivity contribution in [1.82, 2.24) is 4.98 Å². The average Bonchev–Trinajstić information content (AvgIpc) is 2.30. The fourth-order valence-corrected chi connectivity index (χ4v) is 2.24. The molecule has 3 N–H and O–H groups in total. The van der Waals surface area contributed by atoms with Gasteiger partial charge < -0.3 is 10.3 Å². The van der Waals surface area contributed by atoms with Gasteiger partial charge in [-0.25, -0.2) is 19.6 Å². The van der Waals surface area contributed by atoms with Gasteiger partial charge in [-0.1, -0.05) is 19.3 Å². The third kappa shape index (κ3) is 2.87. The lowest BCUT2D eigenvalue weighted by Crippen LogP contribution is -2.29. The number of nitrogens with zero attached hydrogens (tertiary/aromatic N) is 2. The Kier molecular flexibility index (Phi) is 4.30. The first-order valence-electron chi connectivity index (χ1n) is 6.30. The van der Waals surface area contributed by atoms with Gasteiger partial charge in [0.25, 0.3) is 0 Å². The van der Waals surface area contributed by atoms with Crippen LogP contribution in [0.5, 0.6) is 0 Å². The standard InChI is InChI=1S/C12H18F2N4/c13-9-8-10(14)12(16-11(9)17-15)18-6-4-2-1-3-5-7-18/h8H,1-7,15H2,(H,16,17). The topological polar surface area (TPSA) is 54.2 Å². The van der Waals surface area contributed by atoms with Crippen LogP contribution >= 0.6 is 0 Å². The molecule has 1 aliphatic rings. The molecule has 0 aromatic carbocycles. The summed E-state index contributed by atoms with van der Waals surface area (Å²) in [5.41, 5.74) is 2.15. The fourth-order valence-electron chi connectivity index (χ4n) is 2.24. The van der Waals surface area contributed by atoms with Gasteiger partial charge in [-0.15, -0.1) is 0 Å². The summed E-state index contributed by atoms with van der Waals surface area (Å²) >= 11 is 0. The van der Waals surface area contributed by atoms with Gasteiger partial charge in [-0.3, -0.25) is 0 Å². The summed E-state index contributed by atoms with van der Waals surface area (Å²) in [7, 11) is 0. The molecule has 1 aromatic heterocycles. The van der Waals surface area contributed by atoms with Gasteiger partial charge in [0, 0.05) is 19.2 Å². The van der Waals surface area contributed by atoms with Gasteiger partial charge in [0.2, 0.25) is 0 Å². The van der Waals surface area contributed by atoms with Crippen LogP contribution in [0.15, 0.2) is 6.07 Å². The first kappa shape index (κ1) is 13.0. The van der Waals surface area contributed by atoms with Crippen LogP contribution in [0.1, 0.15) is 32.1 Å². The van der Waals surface area contributed by atoms with E-state index in [1.54, 1.807) is 0 Å². The fraction of sp³-hybridized carbons (Fsp3) is 0.583. The Labute approximate surface area is 105 Å². The minimum absolute atomic E-state index is 0.117. The summed E-state index contributed by atoms with van der Waals surface area (Å²) in [6, 6.07) is 0.830. The Hall–Kier alpha value is -1.43. The number of aromatic nitrogens is 1. The molecule has 0 atom stereocenters. The van der Waals surface area contributed by atoms with Crippen molar-refractivity contribution in [3.63, 3.8) is 0 Å². The molecule has 2 rings (SSSR count). The maximum atomic E-state index is 13.8. The second kappa shape index (κ2) is 5.95. The van der Waals surface area contributed by atoms with Gasteiger partial charge in [0.1, 0.15) is 0 Å². The molecular formula is C12H18F2N4. The largest absolute Gasteiger partial charge is 0.354 e. The summed E-state index contributed by atoms with van der Waals surface area (Å²) in [4.78, 5) is 5.80. The van der Waals surface area contributed by atoms with Crippen molar-refractivity contribution in [3.05, 3.63) is 17.7 Å². The Morgan fingerprint density at radius 1 is 1.06 bits per heavy atom. The monoisotopic (exact) mass is 256 g/mol. The van der Waals surface area contributed by atoms with Crippen molar-refractivity contribution in [3.8, 4) is 0 Å². The number of hydrogen-bond acceptors (Lipinski definition) is 4. The molecule has 1 aromatic rings. The van der Waals surface area contributed by atoms with Crippen LogP contribution in [-0.4, -0.2) is 18.1 Å². The summed E-state index contributed by atoms with van der Waals surface area (Å²) in [6.07, 6.45) is 5.51. The molecule has 0 saturated carbocycles. The molecule has 4 nitrogen and oxygen atoms in total. The number of hydrazine groups is 1. The molecule has 0 amide bonds. The molecule has 0 unspecified atom stereocenters. The quantitative estimate of drug-likeness (QED) is 0.630. The van der Waals surface area contributed by atoms with Gasteiger partial charge >= 0.3 is 0 Å². The zero-order chi connectivity index (χ0) is 13.0. The molecule has 18 heavy (non-hydrogen) atoms. The number of rotatable bonds is 2. The van der Waals surface area contributed by atoms with E-state index in [4.69, 9.17) is 5.84 Å². The van der Waals surface area contributed by atoms with Crippen LogP contribution in [0.3, 0.4) is 0 Å². The number of nitrogens with two attached hydrogens (primary N) is 1. The SMILES string of the molecule is NNc1nc(N2CCCCCCC2)c(F)cc1F. The van der Waals surface area contributed by atoms with Crippen LogP contribution in [-0.2, 0) is 0 Å². The molecule has 0 bridgehead atoms. The van der Waals surface area contributed by atoms with Crippen molar-refractivity contribution in [1.29, 1.82) is 0 Å². The van der Waals surface area contributed by atoms with E-state index in [9.17, 15) is 8.78 Å². The van der Waals surface area contributed by atoms with E-state index < -0.39 is 11.6 Å². The van der Waals surface area contributed by atoms with E-state index in [1.807, 2.05) is 4.90 Å². The predicted octanol–water partition coefficient (Wildman–Crippen LogP) is 2.42. The molecule has 0 aliphatic carbocycles. The Morgan fingerprint density at radius 2 is 1.67 bits per heavy atom. The van der Waals surface area contributed by atoms with E-state index in [2.05, 4.69) is 10.4 Å². The van der Waals surface area contributed by atoms with Crippen LogP contribution in [0.4, 0.5) is 20.4 Å². The summed E-state index contributed by atoms with van der Waals surface area (Å²) in [6.45, 7) is 1.50. The van der Waals surface area contributed by atoms with Crippen molar-refractivity contribution >= 4 is 11.6 Å². The van der Waals surface area contributed by atoms with Crippen LogP contribution in [0.25, 0.3) is 0 Å². The smallest absolute Gasteiger partial charge is 0.178 e. The molecule has 100 valence electrons. The Morgan fingerprint density at radius 3 is 2.28 bits per heavy atom. The zero-order valence-electron chi connectivity index (χ0n) is 10.3. The number of halogens is 2. The summed E-state index contributed by atoms with van der Waals surface area (Å²) < 4.78 is 27.1. The maximum Gasteiger partial charge on any atom is 0.178 e. The van der Waals surface area contributed by atoms with E-state index in [-0.39, 0.29) is 11.6 Å². The third-order valence-electron chi connectivity index (χ3n) is 3.20. The van der Waals surface area contributed by atoms with Crippen molar-refractivity contribution in [2.45, 2.75) is 32.1 Å². The lowest BCUT2D eigenvalue weighted by Gasteiger charge is -2.26. The molecule has 1 fully saturated rings. The Balaban J connectivity index is 2.24. The second-order valence-electron chi connectivity index (χ2n) is 4.52. The van der Waals surface area contributed by atoms with E-state index in [1.165, 1.54) is 6.42 Å². The third-order valence-corrected chi connectivity index (χ3v) is 3.20. The number of pyridine rings is 1. The number of hydrogen-bond donors (Lipinski definition) is 2. The summed E-state index contributed by atoms with van der Waals surface area (Å²) in [5, 5.41) is 0. The van der Waals surface area contributed by atoms with Crippen LogP contribution in [0, 0.1) is 11.6 Å². The van der Waals surface area contributed by atoms with Crippen LogP contribution in [0.2, 0.25) is 0 Å². The van der Waals surface area contributed by atoms with E-state index in [0.29, 0.717) is 0 Å². The second-order valence-corrected chi connectivity index (χ2v) is 4.52. The Bertz CT molecular complexity index is 403. The number of nitrogen functional groups attached to an aromatic ring is 1. The lowest BCUT2D eigenvalue weighted by molar-refractivity contribution is 0.532. The van der Waals surface area contributed by atoms with Gasteiger partial charge in [0.05, 0.1) is 0 Å². The first-order valence-corrected chi connectivity index (χ1v) is 6.30. The molecule has 0 spiro atoms. The molecule has 1 saturated heterocycles. The molecule has 1 aliphatic heterocycles. The highest BCUT2D eigenvalue weighted by atomic mass is 19.1. The number of nitrogens with one attached hydrogen (secondary N) is 1. The zero-order valence-corrected chi connectivity index (χ0v) is 10.3. The highest BCUT2D eigenvalue weighted by molar-refractivity contribution is 5.48. The minimum Gasteiger partial charge on any atom is -0.354 e. The normalized spacial score (nSPS) is 17.2. The molecule has 0 radical (unpaired) electrons. The van der Waals surface area contributed by atoms with E-state index >= 15 is 0 Å². The highest BCUT2D eigenvalue weighted by Crippen LogP contribution is 2.24. The number of anilines is 2. The van der Waals surface area contributed by atoms with Gasteiger partial charge in [-0.05, 0) is 12.8 Å². The van der Waals surface area contributed by atoms with Crippen molar-refractivity contribution < 1.29 is 8.78 Å². The van der Waals surface area contributed by atoms with Gasteiger partial charge in [-0.2, -0.15) is 0 Å². The predicted molar refractivity (Wildman–Crippen MR) is 67.3 cm³/mol. The van der Waals surface area contributed by atoms with Crippen molar-refractivity contribution in [2.75, 3.05) is 23.4 Å². The molecule has 6 heteroatoms. The first-order chi connectivity index (χ1) is 8.72. The maximum absolute atomic E-state index is 13.8. The van der Waals surface area contributed by atoms with Crippen LogP contribution < -0.4 is 16.2 Å².